The highest BCUT2D eigenvalue weighted by atomic mass is 32.2. The number of carbonyl (C=O) groups excluding carboxylic acids is 1. The van der Waals surface area contributed by atoms with Crippen LogP contribution in [0.15, 0.2) is 47.4 Å². The lowest BCUT2D eigenvalue weighted by atomic mass is 10.2. The number of hydrogen-bond acceptors (Lipinski definition) is 5. The topological polar surface area (TPSA) is 81.7 Å². The van der Waals surface area contributed by atoms with Crippen molar-refractivity contribution in [2.24, 2.45) is 0 Å². The Morgan fingerprint density at radius 3 is 2.42 bits per heavy atom. The number of benzene rings is 2. The van der Waals surface area contributed by atoms with Gasteiger partial charge in [0.15, 0.2) is 21.3 Å². The van der Waals surface area contributed by atoms with Gasteiger partial charge in [0.1, 0.15) is 5.82 Å². The van der Waals surface area contributed by atoms with Gasteiger partial charge in [0, 0.05) is 24.6 Å². The molecular weight excluding hydrogens is 361 g/mol. The number of sulfone groups is 1. The zero-order valence-electron chi connectivity index (χ0n) is 14.5. The molecule has 140 valence electrons. The van der Waals surface area contributed by atoms with Gasteiger partial charge in [-0.05, 0) is 18.2 Å². The molecule has 0 bridgehead atoms. The van der Waals surface area contributed by atoms with Crippen molar-refractivity contribution in [2.75, 3.05) is 20.0 Å². The van der Waals surface area contributed by atoms with Gasteiger partial charge in [-0.2, -0.15) is 0 Å². The molecule has 0 aliphatic rings. The standard InChI is InChI=1S/C18H20FNO5S/c1-24-16-8-7-14(11-17(16)25-2)26(22,23)10-9-18(21)20-12-13-5-3-4-6-15(13)19/h3-8,11H,9-10,12H2,1-2H3,(H,20,21). The van der Waals surface area contributed by atoms with Crippen LogP contribution in [0.25, 0.3) is 0 Å². The molecule has 0 heterocycles. The Morgan fingerprint density at radius 2 is 1.77 bits per heavy atom. The van der Waals surface area contributed by atoms with E-state index in [1.54, 1.807) is 18.2 Å². The van der Waals surface area contributed by atoms with Gasteiger partial charge in [0.25, 0.3) is 0 Å². The van der Waals surface area contributed by atoms with Crippen LogP contribution >= 0.6 is 0 Å². The lowest BCUT2D eigenvalue weighted by molar-refractivity contribution is -0.120. The van der Waals surface area contributed by atoms with E-state index >= 15 is 0 Å². The molecule has 0 unspecified atom stereocenters. The monoisotopic (exact) mass is 381 g/mol. The summed E-state index contributed by atoms with van der Waals surface area (Å²) in [5, 5.41) is 2.52. The van der Waals surface area contributed by atoms with Gasteiger partial charge in [-0.3, -0.25) is 4.79 Å². The molecule has 0 atom stereocenters. The highest BCUT2D eigenvalue weighted by Crippen LogP contribution is 2.29. The lowest BCUT2D eigenvalue weighted by Crippen LogP contribution is -2.25. The number of nitrogens with one attached hydrogen (secondary N) is 1. The summed E-state index contributed by atoms with van der Waals surface area (Å²) in [6.07, 6.45) is -0.231. The fourth-order valence-electron chi connectivity index (χ4n) is 2.28. The van der Waals surface area contributed by atoms with Crippen molar-refractivity contribution in [3.8, 4) is 11.5 Å². The zero-order chi connectivity index (χ0) is 19.2. The van der Waals surface area contributed by atoms with E-state index < -0.39 is 21.6 Å². The minimum atomic E-state index is -3.67. The first kappa shape index (κ1) is 19.7. The Labute approximate surface area is 151 Å². The van der Waals surface area contributed by atoms with E-state index in [0.29, 0.717) is 11.3 Å². The molecule has 2 aromatic carbocycles. The normalized spacial score (nSPS) is 11.0. The van der Waals surface area contributed by atoms with Crippen LogP contribution in [0.3, 0.4) is 0 Å². The third-order valence-electron chi connectivity index (χ3n) is 3.75. The quantitative estimate of drug-likeness (QED) is 0.759. The summed E-state index contributed by atoms with van der Waals surface area (Å²) in [5.41, 5.74) is 0.337. The predicted molar refractivity (Wildman–Crippen MR) is 94.5 cm³/mol. The Hall–Kier alpha value is -2.61. The van der Waals surface area contributed by atoms with Crippen molar-refractivity contribution in [1.82, 2.24) is 5.32 Å². The number of rotatable bonds is 8. The minimum absolute atomic E-state index is 0.00190. The molecule has 0 saturated carbocycles. The molecule has 0 aromatic heterocycles. The van der Waals surface area contributed by atoms with Gasteiger partial charge in [-0.15, -0.1) is 0 Å². The van der Waals surface area contributed by atoms with Crippen molar-refractivity contribution in [2.45, 2.75) is 17.9 Å². The Morgan fingerprint density at radius 1 is 1.08 bits per heavy atom. The molecule has 0 spiro atoms. The van der Waals surface area contributed by atoms with E-state index in [1.807, 2.05) is 0 Å². The van der Waals surface area contributed by atoms with Crippen LogP contribution in [-0.4, -0.2) is 34.3 Å². The summed E-state index contributed by atoms with van der Waals surface area (Å²) in [6.45, 7) is 0.00190. The van der Waals surface area contributed by atoms with Crippen LogP contribution in [-0.2, 0) is 21.2 Å². The highest BCUT2D eigenvalue weighted by Gasteiger charge is 2.19. The third-order valence-corrected chi connectivity index (χ3v) is 5.46. The van der Waals surface area contributed by atoms with Crippen LogP contribution in [0.1, 0.15) is 12.0 Å². The summed E-state index contributed by atoms with van der Waals surface area (Å²) >= 11 is 0. The van der Waals surface area contributed by atoms with Gasteiger partial charge in [0.2, 0.25) is 5.91 Å². The Bertz CT molecular complexity index is 883. The first-order valence-corrected chi connectivity index (χ1v) is 9.47. The van der Waals surface area contributed by atoms with Crippen LogP contribution in [0, 0.1) is 5.82 Å². The van der Waals surface area contributed by atoms with E-state index in [9.17, 15) is 17.6 Å². The van der Waals surface area contributed by atoms with Crippen LogP contribution < -0.4 is 14.8 Å². The molecule has 0 radical (unpaired) electrons. The summed E-state index contributed by atoms with van der Waals surface area (Å²) in [5.74, 6) is -0.569. The molecule has 0 aliphatic heterocycles. The minimum Gasteiger partial charge on any atom is -0.493 e. The van der Waals surface area contributed by atoms with Crippen molar-refractivity contribution in [3.05, 3.63) is 53.8 Å². The molecular formula is C18H20FNO5S. The van der Waals surface area contributed by atoms with Gasteiger partial charge >= 0.3 is 0 Å². The molecule has 8 heteroatoms. The second-order valence-electron chi connectivity index (χ2n) is 5.45. The second-order valence-corrected chi connectivity index (χ2v) is 7.56. The van der Waals surface area contributed by atoms with E-state index in [0.717, 1.165) is 0 Å². The summed E-state index contributed by atoms with van der Waals surface area (Å²) in [7, 11) is -0.817. The first-order valence-electron chi connectivity index (χ1n) is 7.82. The molecule has 1 N–H and O–H groups in total. The number of ether oxygens (including phenoxy) is 2. The molecule has 26 heavy (non-hydrogen) atoms. The van der Waals surface area contributed by atoms with Crippen LogP contribution in [0.4, 0.5) is 4.39 Å². The molecule has 2 aromatic rings. The van der Waals surface area contributed by atoms with E-state index in [1.165, 1.54) is 38.5 Å². The van der Waals surface area contributed by atoms with E-state index in [4.69, 9.17) is 9.47 Å². The zero-order valence-corrected chi connectivity index (χ0v) is 15.3. The van der Waals surface area contributed by atoms with Gasteiger partial charge in [-0.1, -0.05) is 18.2 Å². The maximum absolute atomic E-state index is 13.5. The number of amides is 1. The van der Waals surface area contributed by atoms with Crippen molar-refractivity contribution >= 4 is 15.7 Å². The van der Waals surface area contributed by atoms with Gasteiger partial charge in [-0.25, -0.2) is 12.8 Å². The van der Waals surface area contributed by atoms with Gasteiger partial charge in [0.05, 0.1) is 24.9 Å². The SMILES string of the molecule is COc1ccc(S(=O)(=O)CCC(=O)NCc2ccccc2F)cc1OC. The first-order chi connectivity index (χ1) is 12.4. The summed E-state index contributed by atoms with van der Waals surface area (Å²) in [6, 6.07) is 10.3. The molecule has 6 nitrogen and oxygen atoms in total. The Balaban J connectivity index is 1.97. The molecule has 2 rings (SSSR count). The fourth-order valence-corrected chi connectivity index (χ4v) is 3.53. The maximum Gasteiger partial charge on any atom is 0.221 e. The highest BCUT2D eigenvalue weighted by molar-refractivity contribution is 7.91. The molecule has 0 fully saturated rings. The van der Waals surface area contributed by atoms with Crippen LogP contribution in [0.5, 0.6) is 11.5 Å². The van der Waals surface area contributed by atoms with E-state index in [2.05, 4.69) is 5.32 Å². The predicted octanol–water partition coefficient (Wildman–Crippen LogP) is 2.32. The van der Waals surface area contributed by atoms with Crippen molar-refractivity contribution in [3.63, 3.8) is 0 Å². The van der Waals surface area contributed by atoms with Crippen molar-refractivity contribution in [1.29, 1.82) is 0 Å². The smallest absolute Gasteiger partial charge is 0.221 e. The Kier molecular flexibility index (Phi) is 6.57. The number of carbonyl (C=O) groups is 1. The second kappa shape index (κ2) is 8.66. The van der Waals surface area contributed by atoms with Crippen molar-refractivity contribution < 1.29 is 27.1 Å². The number of hydrogen-bond donors (Lipinski definition) is 1. The molecule has 0 saturated heterocycles. The molecule has 1 amide bonds. The number of methoxy groups -OCH3 is 2. The average molecular weight is 381 g/mol. The largest absolute Gasteiger partial charge is 0.493 e. The summed E-state index contributed by atoms with van der Waals surface area (Å²) in [4.78, 5) is 11.9. The lowest BCUT2D eigenvalue weighted by Gasteiger charge is -2.10. The molecule has 0 aliphatic carbocycles. The van der Waals surface area contributed by atoms with Gasteiger partial charge < -0.3 is 14.8 Å². The summed E-state index contributed by atoms with van der Waals surface area (Å²) < 4.78 is 48.5. The number of halogens is 1. The van der Waals surface area contributed by atoms with E-state index in [-0.39, 0.29) is 29.4 Å². The third kappa shape index (κ3) is 4.95. The maximum atomic E-state index is 13.5. The van der Waals surface area contributed by atoms with Crippen LogP contribution in [0.2, 0.25) is 0 Å². The fraction of sp³-hybridized carbons (Fsp3) is 0.278. The average Bonchev–Trinajstić information content (AvgIpc) is 2.65.